The van der Waals surface area contributed by atoms with E-state index < -0.39 is 0 Å². The average Bonchev–Trinajstić information content (AvgIpc) is 3.54. The first-order chi connectivity index (χ1) is 13.3. The Morgan fingerprint density at radius 3 is 2.82 bits per heavy atom. The van der Waals surface area contributed by atoms with Crippen molar-refractivity contribution in [3.63, 3.8) is 0 Å². The molecule has 2 aromatic rings. The van der Waals surface area contributed by atoms with Gasteiger partial charge >= 0.3 is 0 Å². The van der Waals surface area contributed by atoms with Gasteiger partial charge in [-0.25, -0.2) is 0 Å². The third-order valence-electron chi connectivity index (χ3n) is 5.70. The summed E-state index contributed by atoms with van der Waals surface area (Å²) in [6, 6.07) is 10.1. The molecule has 1 saturated carbocycles. The maximum Gasteiger partial charge on any atom is 0.226 e. The van der Waals surface area contributed by atoms with Crippen LogP contribution in [0.3, 0.4) is 0 Å². The first-order valence-corrected chi connectivity index (χ1v) is 9.62. The number of aromatic nitrogens is 1. The van der Waals surface area contributed by atoms with E-state index in [1.807, 2.05) is 29.3 Å². The summed E-state index contributed by atoms with van der Waals surface area (Å²) in [6.45, 7) is 3.53. The van der Waals surface area contributed by atoms with Crippen molar-refractivity contribution in [3.8, 4) is 11.5 Å². The number of rotatable bonds is 3. The zero-order valence-electron chi connectivity index (χ0n) is 15.5. The van der Waals surface area contributed by atoms with Crippen LogP contribution in [-0.4, -0.2) is 48.6 Å². The van der Waals surface area contributed by atoms with Gasteiger partial charge in [0.2, 0.25) is 5.91 Å². The van der Waals surface area contributed by atoms with Gasteiger partial charge in [-0.3, -0.25) is 9.78 Å². The number of pyridine rings is 1. The molecule has 0 bridgehead atoms. The molecule has 28 heavy (non-hydrogen) atoms. The van der Waals surface area contributed by atoms with Gasteiger partial charge in [-0.05, 0) is 41.7 Å². The normalized spacial score (nSPS) is 25.6. The predicted octanol–water partition coefficient (Wildman–Crippen LogP) is 2.55. The van der Waals surface area contributed by atoms with Gasteiger partial charge in [-0.1, -0.05) is 12.1 Å². The largest absolute Gasteiger partial charge is 0.486 e. The Labute approximate surface area is 170 Å². The molecular weight excluding hydrogens is 378 g/mol. The Bertz CT molecular complexity index is 848. The highest BCUT2D eigenvalue weighted by Crippen LogP contribution is 2.50. The standard InChI is InChI=1S/C21H23N3O3.ClH/c25-21(24-7-6-23-13-18(24)15-2-1-5-22-12-15)17-11-16(17)14-3-4-19-20(10-14)27-9-8-26-19;/h1-5,10,12,16-18,23H,6-9,11,13H2;1H. The fourth-order valence-electron chi connectivity index (χ4n) is 4.18. The van der Waals surface area contributed by atoms with E-state index in [2.05, 4.69) is 22.4 Å². The molecule has 2 aliphatic heterocycles. The van der Waals surface area contributed by atoms with Crippen molar-refractivity contribution in [2.75, 3.05) is 32.8 Å². The molecule has 1 aliphatic carbocycles. The molecular formula is C21H24ClN3O3. The second kappa shape index (κ2) is 7.97. The number of carbonyl (C=O) groups excluding carboxylic acids is 1. The van der Waals surface area contributed by atoms with E-state index in [-0.39, 0.29) is 36.2 Å². The zero-order valence-corrected chi connectivity index (χ0v) is 16.4. The summed E-state index contributed by atoms with van der Waals surface area (Å²) in [7, 11) is 0. The van der Waals surface area contributed by atoms with Crippen LogP contribution in [0, 0.1) is 5.92 Å². The van der Waals surface area contributed by atoms with E-state index in [9.17, 15) is 4.79 Å². The molecule has 5 rings (SSSR count). The highest BCUT2D eigenvalue weighted by atomic mass is 35.5. The fourth-order valence-corrected chi connectivity index (χ4v) is 4.18. The van der Waals surface area contributed by atoms with Gasteiger partial charge in [-0.2, -0.15) is 0 Å². The second-order valence-corrected chi connectivity index (χ2v) is 7.39. The van der Waals surface area contributed by atoms with E-state index >= 15 is 0 Å². The molecule has 3 atom stereocenters. The number of nitrogens with one attached hydrogen (secondary N) is 1. The van der Waals surface area contributed by atoms with E-state index in [1.54, 1.807) is 6.20 Å². The number of hydrogen-bond donors (Lipinski definition) is 1. The first kappa shape index (κ1) is 19.0. The van der Waals surface area contributed by atoms with Gasteiger partial charge in [-0.15, -0.1) is 12.4 Å². The number of ether oxygens (including phenoxy) is 2. The Balaban J connectivity index is 0.00000192. The highest BCUT2D eigenvalue weighted by molar-refractivity contribution is 5.85. The SMILES string of the molecule is Cl.O=C(C1CC1c1ccc2c(c1)OCCO2)N1CCNCC1c1cccnc1. The molecule has 1 N–H and O–H groups in total. The minimum Gasteiger partial charge on any atom is -0.486 e. The number of halogens is 1. The summed E-state index contributed by atoms with van der Waals surface area (Å²) < 4.78 is 11.3. The molecule has 0 spiro atoms. The topological polar surface area (TPSA) is 63.7 Å². The van der Waals surface area contributed by atoms with Crippen LogP contribution in [0.4, 0.5) is 0 Å². The van der Waals surface area contributed by atoms with Crippen LogP contribution in [-0.2, 0) is 4.79 Å². The monoisotopic (exact) mass is 401 g/mol. The smallest absolute Gasteiger partial charge is 0.226 e. The average molecular weight is 402 g/mol. The van der Waals surface area contributed by atoms with Gasteiger partial charge in [0, 0.05) is 37.9 Å². The number of benzene rings is 1. The van der Waals surface area contributed by atoms with Gasteiger partial charge < -0.3 is 19.7 Å². The van der Waals surface area contributed by atoms with Crippen molar-refractivity contribution >= 4 is 18.3 Å². The minimum absolute atomic E-state index is 0. The van der Waals surface area contributed by atoms with Gasteiger partial charge in [0.25, 0.3) is 0 Å². The first-order valence-electron chi connectivity index (χ1n) is 9.62. The predicted molar refractivity (Wildman–Crippen MR) is 107 cm³/mol. The number of amides is 1. The summed E-state index contributed by atoms with van der Waals surface area (Å²) in [5, 5.41) is 3.40. The molecule has 1 aromatic heterocycles. The summed E-state index contributed by atoms with van der Waals surface area (Å²) in [4.78, 5) is 19.5. The van der Waals surface area contributed by atoms with Gasteiger partial charge in [0.05, 0.1) is 6.04 Å². The summed E-state index contributed by atoms with van der Waals surface area (Å²) >= 11 is 0. The molecule has 148 valence electrons. The quantitative estimate of drug-likeness (QED) is 0.856. The highest BCUT2D eigenvalue weighted by Gasteiger charge is 2.47. The molecule has 1 aromatic carbocycles. The second-order valence-electron chi connectivity index (χ2n) is 7.39. The van der Waals surface area contributed by atoms with Crippen LogP contribution in [0.1, 0.15) is 29.5 Å². The van der Waals surface area contributed by atoms with Crippen LogP contribution in [0.15, 0.2) is 42.7 Å². The number of nitrogens with zero attached hydrogens (tertiary/aromatic N) is 2. The van der Waals surface area contributed by atoms with Crippen molar-refractivity contribution in [2.45, 2.75) is 18.4 Å². The Hall–Kier alpha value is -2.31. The zero-order chi connectivity index (χ0) is 18.2. The molecule has 7 heteroatoms. The molecule has 3 unspecified atom stereocenters. The van der Waals surface area contributed by atoms with Crippen LogP contribution in [0.2, 0.25) is 0 Å². The maximum atomic E-state index is 13.2. The molecule has 3 heterocycles. The molecule has 1 saturated heterocycles. The lowest BCUT2D eigenvalue weighted by Gasteiger charge is -2.36. The maximum absolute atomic E-state index is 13.2. The third kappa shape index (κ3) is 3.54. The number of hydrogen-bond acceptors (Lipinski definition) is 5. The Morgan fingerprint density at radius 2 is 2.00 bits per heavy atom. The summed E-state index contributed by atoms with van der Waals surface area (Å²) in [5.41, 5.74) is 2.26. The molecule has 0 radical (unpaired) electrons. The van der Waals surface area contributed by atoms with Crippen molar-refractivity contribution in [3.05, 3.63) is 53.9 Å². The molecule has 2 fully saturated rings. The van der Waals surface area contributed by atoms with Crippen molar-refractivity contribution in [1.82, 2.24) is 15.2 Å². The third-order valence-corrected chi connectivity index (χ3v) is 5.70. The molecule has 1 amide bonds. The van der Waals surface area contributed by atoms with Crippen LogP contribution in [0.5, 0.6) is 11.5 Å². The Kier molecular flexibility index (Phi) is 5.42. The van der Waals surface area contributed by atoms with Gasteiger partial charge in [0.15, 0.2) is 11.5 Å². The molecule has 3 aliphatic rings. The Morgan fingerprint density at radius 1 is 1.14 bits per heavy atom. The summed E-state index contributed by atoms with van der Waals surface area (Å²) in [5.74, 6) is 2.19. The lowest BCUT2D eigenvalue weighted by molar-refractivity contribution is -0.136. The lowest BCUT2D eigenvalue weighted by atomic mass is 10.0. The van der Waals surface area contributed by atoms with E-state index in [0.29, 0.717) is 13.2 Å². The van der Waals surface area contributed by atoms with E-state index in [4.69, 9.17) is 9.47 Å². The van der Waals surface area contributed by atoms with Crippen LogP contribution >= 0.6 is 12.4 Å². The number of piperazine rings is 1. The van der Waals surface area contributed by atoms with Crippen molar-refractivity contribution in [2.24, 2.45) is 5.92 Å². The van der Waals surface area contributed by atoms with Gasteiger partial charge in [0.1, 0.15) is 13.2 Å². The summed E-state index contributed by atoms with van der Waals surface area (Å²) in [6.07, 6.45) is 4.54. The van der Waals surface area contributed by atoms with Crippen LogP contribution < -0.4 is 14.8 Å². The van der Waals surface area contributed by atoms with Crippen LogP contribution in [0.25, 0.3) is 0 Å². The lowest BCUT2D eigenvalue weighted by Crippen LogP contribution is -2.49. The minimum atomic E-state index is 0. The van der Waals surface area contributed by atoms with Crippen molar-refractivity contribution in [1.29, 1.82) is 0 Å². The number of fused-ring (bicyclic) bond motifs is 1. The molecule has 6 nitrogen and oxygen atoms in total. The van der Waals surface area contributed by atoms with E-state index in [0.717, 1.165) is 43.1 Å². The fraction of sp³-hybridized carbons (Fsp3) is 0.429. The van der Waals surface area contributed by atoms with E-state index in [1.165, 1.54) is 5.56 Å². The van der Waals surface area contributed by atoms with Crippen molar-refractivity contribution < 1.29 is 14.3 Å². The number of carbonyl (C=O) groups is 1.